The molecule has 0 aromatic heterocycles. The Hall–Kier alpha value is -1.26. The zero-order chi connectivity index (χ0) is 13.4. The molecule has 0 saturated heterocycles. The summed E-state index contributed by atoms with van der Waals surface area (Å²) in [6.07, 6.45) is 0. The molecular weight excluding hydrogens is 230 g/mol. The van der Waals surface area contributed by atoms with E-state index in [1.807, 2.05) is 18.2 Å². The first-order chi connectivity index (χ1) is 8.65. The summed E-state index contributed by atoms with van der Waals surface area (Å²) in [6.45, 7) is 6.59. The number of ether oxygens (including phenoxy) is 3. The van der Waals surface area contributed by atoms with E-state index in [4.69, 9.17) is 19.9 Å². The first-order valence-corrected chi connectivity index (χ1v) is 6.24. The van der Waals surface area contributed by atoms with Crippen LogP contribution < -0.4 is 15.2 Å². The Morgan fingerprint density at radius 2 is 1.83 bits per heavy atom. The van der Waals surface area contributed by atoms with Crippen molar-refractivity contribution in [3.63, 3.8) is 0 Å². The van der Waals surface area contributed by atoms with Gasteiger partial charge in [0.15, 0.2) is 0 Å². The number of benzene rings is 1. The molecule has 0 unspecified atom stereocenters. The van der Waals surface area contributed by atoms with Crippen molar-refractivity contribution in [1.29, 1.82) is 0 Å². The summed E-state index contributed by atoms with van der Waals surface area (Å²) >= 11 is 0. The van der Waals surface area contributed by atoms with Crippen LogP contribution in [0.1, 0.15) is 19.4 Å². The summed E-state index contributed by atoms with van der Waals surface area (Å²) in [5, 5.41) is 0. The summed E-state index contributed by atoms with van der Waals surface area (Å²) in [5.41, 5.74) is 6.61. The molecule has 18 heavy (non-hydrogen) atoms. The average Bonchev–Trinajstić information content (AvgIpc) is 2.37. The highest BCUT2D eigenvalue weighted by Gasteiger charge is 2.02. The molecule has 0 heterocycles. The van der Waals surface area contributed by atoms with Gasteiger partial charge >= 0.3 is 0 Å². The summed E-state index contributed by atoms with van der Waals surface area (Å²) < 4.78 is 16.3. The lowest BCUT2D eigenvalue weighted by Gasteiger charge is -2.11. The maximum atomic E-state index is 5.62. The van der Waals surface area contributed by atoms with Crippen LogP contribution in [0.3, 0.4) is 0 Å². The highest BCUT2D eigenvalue weighted by Crippen LogP contribution is 2.22. The van der Waals surface area contributed by atoms with Crippen LogP contribution >= 0.6 is 0 Å². The van der Waals surface area contributed by atoms with Gasteiger partial charge in [-0.3, -0.25) is 0 Å². The number of methoxy groups -OCH3 is 1. The van der Waals surface area contributed by atoms with Crippen LogP contribution in [0.15, 0.2) is 18.2 Å². The topological polar surface area (TPSA) is 53.7 Å². The minimum atomic E-state index is 0.470. The Balaban J connectivity index is 2.41. The molecular formula is C14H23NO3. The van der Waals surface area contributed by atoms with Crippen molar-refractivity contribution in [2.75, 3.05) is 26.9 Å². The van der Waals surface area contributed by atoms with E-state index in [0.29, 0.717) is 25.7 Å². The number of nitrogens with two attached hydrogens (primary N) is 1. The van der Waals surface area contributed by atoms with Gasteiger partial charge in [0.1, 0.15) is 18.1 Å². The molecule has 0 spiro atoms. The predicted octanol–water partition coefficient (Wildman–Crippen LogP) is 2.21. The fourth-order valence-corrected chi connectivity index (χ4v) is 1.49. The summed E-state index contributed by atoms with van der Waals surface area (Å²) in [4.78, 5) is 0. The number of rotatable bonds is 8. The standard InChI is InChI=1S/C14H23NO3/c1-11(2)10-17-4-5-18-14-7-12(9-15)6-13(8-14)16-3/h6-8,11H,4-5,9-10,15H2,1-3H3. The largest absolute Gasteiger partial charge is 0.497 e. The van der Waals surface area contributed by atoms with Crippen molar-refractivity contribution >= 4 is 0 Å². The maximum Gasteiger partial charge on any atom is 0.123 e. The van der Waals surface area contributed by atoms with Gasteiger partial charge in [-0.15, -0.1) is 0 Å². The molecule has 4 heteroatoms. The molecule has 1 aromatic carbocycles. The van der Waals surface area contributed by atoms with Gasteiger partial charge in [0, 0.05) is 19.2 Å². The molecule has 0 aliphatic carbocycles. The first kappa shape index (κ1) is 14.8. The molecule has 0 amide bonds. The second kappa shape index (κ2) is 7.95. The average molecular weight is 253 g/mol. The lowest BCUT2D eigenvalue weighted by molar-refractivity contribution is 0.0818. The van der Waals surface area contributed by atoms with E-state index in [-0.39, 0.29) is 0 Å². The summed E-state index contributed by atoms with van der Waals surface area (Å²) in [5.74, 6) is 2.07. The fraction of sp³-hybridized carbons (Fsp3) is 0.571. The molecule has 4 nitrogen and oxygen atoms in total. The molecule has 0 fully saturated rings. The fourth-order valence-electron chi connectivity index (χ4n) is 1.49. The minimum absolute atomic E-state index is 0.470. The minimum Gasteiger partial charge on any atom is -0.497 e. The molecule has 0 radical (unpaired) electrons. The van der Waals surface area contributed by atoms with Crippen LogP contribution in [0, 0.1) is 5.92 Å². The third kappa shape index (κ3) is 5.38. The normalized spacial score (nSPS) is 10.7. The molecule has 0 atom stereocenters. The van der Waals surface area contributed by atoms with Crippen LogP contribution in [0.5, 0.6) is 11.5 Å². The van der Waals surface area contributed by atoms with Gasteiger partial charge in [0.2, 0.25) is 0 Å². The molecule has 0 aliphatic rings. The Morgan fingerprint density at radius 1 is 1.11 bits per heavy atom. The van der Waals surface area contributed by atoms with E-state index in [2.05, 4.69) is 13.8 Å². The molecule has 1 rings (SSSR count). The van der Waals surface area contributed by atoms with Gasteiger partial charge in [-0.05, 0) is 23.6 Å². The molecule has 0 bridgehead atoms. The monoisotopic (exact) mass is 253 g/mol. The zero-order valence-electron chi connectivity index (χ0n) is 11.4. The highest BCUT2D eigenvalue weighted by molar-refractivity contribution is 5.38. The summed E-state index contributed by atoms with van der Waals surface area (Å²) in [7, 11) is 1.63. The quantitative estimate of drug-likeness (QED) is 0.722. The van der Waals surface area contributed by atoms with E-state index in [1.165, 1.54) is 0 Å². The number of hydrogen-bond donors (Lipinski definition) is 1. The van der Waals surface area contributed by atoms with Crippen molar-refractivity contribution in [3.8, 4) is 11.5 Å². The third-order valence-electron chi connectivity index (χ3n) is 2.36. The second-order valence-electron chi connectivity index (χ2n) is 4.54. The van der Waals surface area contributed by atoms with Crippen molar-refractivity contribution in [2.45, 2.75) is 20.4 Å². The van der Waals surface area contributed by atoms with E-state index < -0.39 is 0 Å². The van der Waals surface area contributed by atoms with Gasteiger partial charge < -0.3 is 19.9 Å². The van der Waals surface area contributed by atoms with E-state index in [9.17, 15) is 0 Å². The van der Waals surface area contributed by atoms with E-state index >= 15 is 0 Å². The van der Waals surface area contributed by atoms with Crippen molar-refractivity contribution in [2.24, 2.45) is 11.7 Å². The molecule has 0 saturated carbocycles. The van der Waals surface area contributed by atoms with Crippen LogP contribution in [0.25, 0.3) is 0 Å². The lowest BCUT2D eigenvalue weighted by Crippen LogP contribution is -2.10. The van der Waals surface area contributed by atoms with Crippen LogP contribution in [0.2, 0.25) is 0 Å². The van der Waals surface area contributed by atoms with E-state index in [0.717, 1.165) is 23.7 Å². The van der Waals surface area contributed by atoms with Crippen LogP contribution in [-0.4, -0.2) is 26.9 Å². The van der Waals surface area contributed by atoms with Crippen LogP contribution in [0.4, 0.5) is 0 Å². The Morgan fingerprint density at radius 3 is 2.44 bits per heavy atom. The maximum absolute atomic E-state index is 5.62. The summed E-state index contributed by atoms with van der Waals surface area (Å²) in [6, 6.07) is 5.68. The smallest absolute Gasteiger partial charge is 0.123 e. The van der Waals surface area contributed by atoms with Gasteiger partial charge in [-0.25, -0.2) is 0 Å². The zero-order valence-corrected chi connectivity index (χ0v) is 11.4. The third-order valence-corrected chi connectivity index (χ3v) is 2.36. The predicted molar refractivity (Wildman–Crippen MR) is 72.0 cm³/mol. The second-order valence-corrected chi connectivity index (χ2v) is 4.54. The van der Waals surface area contributed by atoms with Gasteiger partial charge in [-0.2, -0.15) is 0 Å². The molecule has 2 N–H and O–H groups in total. The van der Waals surface area contributed by atoms with Crippen molar-refractivity contribution in [1.82, 2.24) is 0 Å². The highest BCUT2D eigenvalue weighted by atomic mass is 16.5. The molecule has 0 aliphatic heterocycles. The van der Waals surface area contributed by atoms with Crippen molar-refractivity contribution < 1.29 is 14.2 Å². The van der Waals surface area contributed by atoms with Crippen molar-refractivity contribution in [3.05, 3.63) is 23.8 Å². The molecule has 1 aromatic rings. The Kier molecular flexibility index (Phi) is 6.54. The van der Waals surface area contributed by atoms with E-state index in [1.54, 1.807) is 7.11 Å². The van der Waals surface area contributed by atoms with Gasteiger partial charge in [-0.1, -0.05) is 13.8 Å². The van der Waals surface area contributed by atoms with Crippen LogP contribution in [-0.2, 0) is 11.3 Å². The van der Waals surface area contributed by atoms with Gasteiger partial charge in [0.05, 0.1) is 13.7 Å². The van der Waals surface area contributed by atoms with Gasteiger partial charge in [0.25, 0.3) is 0 Å². The number of hydrogen-bond acceptors (Lipinski definition) is 4. The Bertz CT molecular complexity index is 331. The lowest BCUT2D eigenvalue weighted by atomic mass is 10.2. The Labute approximate surface area is 109 Å². The molecule has 102 valence electrons. The SMILES string of the molecule is COc1cc(CN)cc(OCCOCC(C)C)c1. The first-order valence-electron chi connectivity index (χ1n) is 6.24.